The highest BCUT2D eigenvalue weighted by atomic mass is 32.2. The standard InChI is InChI=1S/C2H4N4O3S/c1-9-10(7,8)6-2-3-4-5-6/h2H,1H3. The fourth-order valence-electron chi connectivity index (χ4n) is 0.332. The second-order valence-electron chi connectivity index (χ2n) is 1.31. The van der Waals surface area contributed by atoms with Gasteiger partial charge in [0.15, 0.2) is 6.33 Å². The van der Waals surface area contributed by atoms with Crippen LogP contribution in [0.3, 0.4) is 0 Å². The van der Waals surface area contributed by atoms with E-state index in [1.807, 2.05) is 0 Å². The van der Waals surface area contributed by atoms with E-state index < -0.39 is 10.3 Å². The van der Waals surface area contributed by atoms with Gasteiger partial charge in [-0.2, -0.15) is 8.42 Å². The van der Waals surface area contributed by atoms with Crippen LogP contribution in [0.5, 0.6) is 0 Å². The summed E-state index contributed by atoms with van der Waals surface area (Å²) >= 11 is 0. The van der Waals surface area contributed by atoms with E-state index in [2.05, 4.69) is 19.7 Å². The molecule has 1 rings (SSSR count). The van der Waals surface area contributed by atoms with Crippen molar-refractivity contribution in [3.63, 3.8) is 0 Å². The van der Waals surface area contributed by atoms with Crippen LogP contribution in [-0.2, 0) is 14.5 Å². The predicted octanol–water partition coefficient (Wildman–Crippen LogP) is -1.59. The first-order valence-electron chi connectivity index (χ1n) is 2.21. The van der Waals surface area contributed by atoms with Crippen LogP contribution in [0.4, 0.5) is 0 Å². The molecule has 0 spiro atoms. The van der Waals surface area contributed by atoms with Crippen molar-refractivity contribution in [3.8, 4) is 0 Å². The maximum Gasteiger partial charge on any atom is 0.384 e. The molecule has 1 heterocycles. The molecule has 0 aromatic carbocycles. The van der Waals surface area contributed by atoms with Crippen molar-refractivity contribution in [2.24, 2.45) is 0 Å². The Balaban J connectivity index is 3.09. The van der Waals surface area contributed by atoms with Gasteiger partial charge in [-0.1, -0.05) is 0 Å². The molecule has 0 fully saturated rings. The summed E-state index contributed by atoms with van der Waals surface area (Å²) in [6.07, 6.45) is 0.929. The molecule has 0 aliphatic carbocycles. The Hall–Kier alpha value is -1.02. The summed E-state index contributed by atoms with van der Waals surface area (Å²) < 4.78 is 25.9. The minimum atomic E-state index is -3.77. The zero-order valence-electron chi connectivity index (χ0n) is 5.00. The van der Waals surface area contributed by atoms with Gasteiger partial charge in [0.2, 0.25) is 0 Å². The molecule has 0 saturated carbocycles. The van der Waals surface area contributed by atoms with Gasteiger partial charge in [0.05, 0.1) is 7.11 Å². The number of nitrogens with zero attached hydrogens (tertiary/aromatic N) is 4. The van der Waals surface area contributed by atoms with Crippen molar-refractivity contribution in [2.75, 3.05) is 7.11 Å². The van der Waals surface area contributed by atoms with Crippen LogP contribution in [-0.4, -0.2) is 35.1 Å². The van der Waals surface area contributed by atoms with Crippen LogP contribution in [0.2, 0.25) is 0 Å². The van der Waals surface area contributed by atoms with Crippen LogP contribution in [0.1, 0.15) is 0 Å². The van der Waals surface area contributed by atoms with Gasteiger partial charge in [0.25, 0.3) is 0 Å². The average Bonchev–Trinajstić information content (AvgIpc) is 2.38. The molecule has 0 N–H and O–H groups in total. The van der Waals surface area contributed by atoms with Gasteiger partial charge in [0.1, 0.15) is 0 Å². The Labute approximate surface area is 56.9 Å². The van der Waals surface area contributed by atoms with Gasteiger partial charge < -0.3 is 0 Å². The summed E-state index contributed by atoms with van der Waals surface area (Å²) in [5.41, 5.74) is 0. The highest BCUT2D eigenvalue weighted by Gasteiger charge is 2.11. The Morgan fingerprint density at radius 3 is 2.70 bits per heavy atom. The SMILES string of the molecule is COS(=O)(=O)n1cnnn1. The fourth-order valence-corrected chi connectivity index (χ4v) is 0.764. The van der Waals surface area contributed by atoms with Crippen molar-refractivity contribution in [1.29, 1.82) is 0 Å². The second-order valence-corrected chi connectivity index (χ2v) is 2.87. The van der Waals surface area contributed by atoms with Gasteiger partial charge in [-0.15, -0.1) is 9.19 Å². The molecule has 7 nitrogen and oxygen atoms in total. The first kappa shape index (κ1) is 7.09. The number of hydrogen-bond donors (Lipinski definition) is 0. The van der Waals surface area contributed by atoms with Crippen LogP contribution in [0, 0.1) is 0 Å². The highest BCUT2D eigenvalue weighted by Crippen LogP contribution is 1.89. The topological polar surface area (TPSA) is 87.0 Å². The Morgan fingerprint density at radius 1 is 1.60 bits per heavy atom. The second kappa shape index (κ2) is 2.31. The van der Waals surface area contributed by atoms with Crippen molar-refractivity contribution in [1.82, 2.24) is 19.6 Å². The monoisotopic (exact) mass is 164 g/mol. The maximum atomic E-state index is 10.7. The Bertz CT molecular complexity index is 288. The van der Waals surface area contributed by atoms with Crippen molar-refractivity contribution < 1.29 is 12.6 Å². The first-order chi connectivity index (χ1) is 4.67. The summed E-state index contributed by atoms with van der Waals surface area (Å²) in [6, 6.07) is 0. The third kappa shape index (κ3) is 1.11. The van der Waals surface area contributed by atoms with Crippen molar-refractivity contribution in [3.05, 3.63) is 6.33 Å². The first-order valence-corrected chi connectivity index (χ1v) is 3.57. The zero-order valence-corrected chi connectivity index (χ0v) is 5.82. The molecule has 0 aliphatic rings. The summed E-state index contributed by atoms with van der Waals surface area (Å²) in [6.45, 7) is 0. The van der Waals surface area contributed by atoms with E-state index in [0.717, 1.165) is 13.4 Å². The van der Waals surface area contributed by atoms with Gasteiger partial charge >= 0.3 is 10.3 Å². The van der Waals surface area contributed by atoms with Crippen LogP contribution >= 0.6 is 0 Å². The lowest BCUT2D eigenvalue weighted by Crippen LogP contribution is -2.14. The molecule has 0 bridgehead atoms. The molecular formula is C2H4N4O3S. The predicted molar refractivity (Wildman–Crippen MR) is 29.1 cm³/mol. The summed E-state index contributed by atoms with van der Waals surface area (Å²) in [5.74, 6) is 0. The number of tetrazole rings is 1. The Kier molecular flexibility index (Phi) is 1.64. The third-order valence-corrected chi connectivity index (χ3v) is 1.82. The smallest absolute Gasteiger partial charge is 0.256 e. The summed E-state index contributed by atoms with van der Waals surface area (Å²) in [5, 5.41) is 9.32. The molecule has 1 aromatic heterocycles. The summed E-state index contributed by atoms with van der Waals surface area (Å²) in [4.78, 5) is 0. The van der Waals surface area contributed by atoms with E-state index in [1.54, 1.807) is 0 Å². The highest BCUT2D eigenvalue weighted by molar-refractivity contribution is 7.85. The molecule has 0 radical (unpaired) electrons. The quantitative estimate of drug-likeness (QED) is 0.523. The van der Waals surface area contributed by atoms with Gasteiger partial charge in [-0.25, -0.2) is 0 Å². The molecule has 8 heteroatoms. The molecule has 0 aliphatic heterocycles. The van der Waals surface area contributed by atoms with Crippen LogP contribution < -0.4 is 0 Å². The lowest BCUT2D eigenvalue weighted by atomic mass is 11.4. The largest absolute Gasteiger partial charge is 0.384 e. The number of aromatic nitrogens is 4. The molecule has 10 heavy (non-hydrogen) atoms. The Morgan fingerprint density at radius 2 is 2.30 bits per heavy atom. The van der Waals surface area contributed by atoms with Crippen LogP contribution in [0.25, 0.3) is 0 Å². The fraction of sp³-hybridized carbons (Fsp3) is 0.500. The minimum Gasteiger partial charge on any atom is -0.256 e. The third-order valence-electron chi connectivity index (χ3n) is 0.770. The molecule has 56 valence electrons. The lowest BCUT2D eigenvalue weighted by Gasteiger charge is -1.94. The normalized spacial score (nSPS) is 11.7. The van der Waals surface area contributed by atoms with E-state index in [1.165, 1.54) is 0 Å². The average molecular weight is 164 g/mol. The molecule has 1 aromatic rings. The maximum absolute atomic E-state index is 10.7. The van der Waals surface area contributed by atoms with Crippen molar-refractivity contribution in [2.45, 2.75) is 0 Å². The van der Waals surface area contributed by atoms with E-state index in [0.29, 0.717) is 4.09 Å². The molecule has 0 amide bonds. The molecule has 0 saturated heterocycles. The van der Waals surface area contributed by atoms with E-state index in [4.69, 9.17) is 0 Å². The molecular weight excluding hydrogens is 160 g/mol. The zero-order chi connectivity index (χ0) is 7.61. The molecule has 0 atom stereocenters. The van der Waals surface area contributed by atoms with Gasteiger partial charge in [-0.05, 0) is 10.4 Å². The lowest BCUT2D eigenvalue weighted by molar-refractivity contribution is 0.384. The number of hydrogen-bond acceptors (Lipinski definition) is 6. The molecule has 0 unspecified atom stereocenters. The number of rotatable bonds is 2. The van der Waals surface area contributed by atoms with Gasteiger partial charge in [0, 0.05) is 0 Å². The minimum absolute atomic E-state index is 0.521. The van der Waals surface area contributed by atoms with Crippen LogP contribution in [0.15, 0.2) is 6.33 Å². The van der Waals surface area contributed by atoms with Gasteiger partial charge in [-0.3, -0.25) is 4.18 Å². The summed E-state index contributed by atoms with van der Waals surface area (Å²) in [7, 11) is -2.75. The van der Waals surface area contributed by atoms with Crippen molar-refractivity contribution >= 4 is 10.3 Å². The van der Waals surface area contributed by atoms with E-state index in [-0.39, 0.29) is 0 Å². The van der Waals surface area contributed by atoms with E-state index >= 15 is 0 Å². The van der Waals surface area contributed by atoms with E-state index in [9.17, 15) is 8.42 Å².